The molecule has 0 amide bonds. The first-order chi connectivity index (χ1) is 7.63. The first kappa shape index (κ1) is 11.6. The number of anilines is 1. The number of nitrogens with two attached hydrogens (primary N) is 1. The Morgan fingerprint density at radius 2 is 2.12 bits per heavy atom. The third-order valence-electron chi connectivity index (χ3n) is 2.27. The van der Waals surface area contributed by atoms with Crippen LogP contribution >= 0.6 is 31.9 Å². The lowest BCUT2D eigenvalue weighted by Gasteiger charge is -2.07. The Balaban J connectivity index is 2.58. The van der Waals surface area contributed by atoms with E-state index in [2.05, 4.69) is 42.2 Å². The van der Waals surface area contributed by atoms with Gasteiger partial charge in [0.05, 0.1) is 11.4 Å². The number of benzene rings is 1. The fourth-order valence-electron chi connectivity index (χ4n) is 1.49. The second-order valence-electron chi connectivity index (χ2n) is 3.28. The van der Waals surface area contributed by atoms with Gasteiger partial charge in [0.2, 0.25) is 0 Å². The monoisotopic (exact) mass is 344 g/mol. The SMILES string of the molecule is CCc1c(N)nnn1-c1ccc(Br)cc1Br. The molecule has 1 aromatic carbocycles. The molecule has 0 spiro atoms. The summed E-state index contributed by atoms with van der Waals surface area (Å²) in [4.78, 5) is 0. The standard InChI is InChI=1S/C10H10Br2N4/c1-2-8-10(13)14-15-16(8)9-4-3-6(11)5-7(9)12/h3-5H,2,13H2,1H3. The Morgan fingerprint density at radius 1 is 1.38 bits per heavy atom. The molecule has 1 heterocycles. The zero-order chi connectivity index (χ0) is 11.7. The summed E-state index contributed by atoms with van der Waals surface area (Å²) in [6.45, 7) is 2.03. The van der Waals surface area contributed by atoms with Crippen LogP contribution < -0.4 is 5.73 Å². The number of aromatic nitrogens is 3. The van der Waals surface area contributed by atoms with Crippen LogP contribution in [0, 0.1) is 0 Å². The maximum atomic E-state index is 5.75. The van der Waals surface area contributed by atoms with Crippen molar-refractivity contribution in [3.63, 3.8) is 0 Å². The summed E-state index contributed by atoms with van der Waals surface area (Å²) in [5, 5.41) is 7.93. The summed E-state index contributed by atoms with van der Waals surface area (Å²) in [6, 6.07) is 5.88. The van der Waals surface area contributed by atoms with Crippen molar-refractivity contribution in [1.29, 1.82) is 0 Å². The van der Waals surface area contributed by atoms with Gasteiger partial charge in [0, 0.05) is 8.95 Å². The number of rotatable bonds is 2. The average molecular weight is 346 g/mol. The lowest BCUT2D eigenvalue weighted by molar-refractivity contribution is 0.764. The van der Waals surface area contributed by atoms with E-state index < -0.39 is 0 Å². The Kier molecular flexibility index (Phi) is 3.30. The van der Waals surface area contributed by atoms with Crippen LogP contribution in [0.15, 0.2) is 27.1 Å². The quantitative estimate of drug-likeness (QED) is 0.910. The van der Waals surface area contributed by atoms with Crippen LogP contribution in [-0.2, 0) is 6.42 Å². The molecule has 0 bridgehead atoms. The van der Waals surface area contributed by atoms with E-state index >= 15 is 0 Å². The van der Waals surface area contributed by atoms with Gasteiger partial charge in [0.1, 0.15) is 0 Å². The van der Waals surface area contributed by atoms with Crippen molar-refractivity contribution in [1.82, 2.24) is 15.0 Å². The fourth-order valence-corrected chi connectivity index (χ4v) is 2.71. The van der Waals surface area contributed by atoms with Crippen LogP contribution in [0.1, 0.15) is 12.6 Å². The van der Waals surface area contributed by atoms with Crippen molar-refractivity contribution in [3.05, 3.63) is 32.8 Å². The van der Waals surface area contributed by atoms with E-state index in [1.807, 2.05) is 25.1 Å². The number of nitrogens with zero attached hydrogens (tertiary/aromatic N) is 3. The lowest BCUT2D eigenvalue weighted by Crippen LogP contribution is -2.03. The molecule has 2 rings (SSSR count). The van der Waals surface area contributed by atoms with Crippen molar-refractivity contribution >= 4 is 37.7 Å². The molecule has 0 radical (unpaired) electrons. The predicted octanol–water partition coefficient (Wildman–Crippen LogP) is 2.94. The first-order valence-electron chi connectivity index (χ1n) is 4.79. The maximum Gasteiger partial charge on any atom is 0.169 e. The summed E-state index contributed by atoms with van der Waals surface area (Å²) in [5.41, 5.74) is 7.60. The number of nitrogen functional groups attached to an aromatic ring is 1. The molecule has 0 aliphatic rings. The molecule has 0 saturated carbocycles. The molecule has 0 atom stereocenters. The van der Waals surface area contributed by atoms with Crippen molar-refractivity contribution in [2.24, 2.45) is 0 Å². The van der Waals surface area contributed by atoms with Crippen molar-refractivity contribution in [2.45, 2.75) is 13.3 Å². The van der Waals surface area contributed by atoms with Crippen molar-refractivity contribution in [3.8, 4) is 5.69 Å². The van der Waals surface area contributed by atoms with Crippen molar-refractivity contribution in [2.75, 3.05) is 5.73 Å². The van der Waals surface area contributed by atoms with Gasteiger partial charge < -0.3 is 5.73 Å². The Bertz CT molecular complexity index is 522. The normalized spacial score (nSPS) is 10.7. The molecular weight excluding hydrogens is 336 g/mol. The van der Waals surface area contributed by atoms with E-state index in [4.69, 9.17) is 5.73 Å². The van der Waals surface area contributed by atoms with Gasteiger partial charge in [-0.3, -0.25) is 0 Å². The molecule has 0 aliphatic carbocycles. The number of hydrogen-bond acceptors (Lipinski definition) is 3. The molecular formula is C10H10Br2N4. The summed E-state index contributed by atoms with van der Waals surface area (Å²) >= 11 is 6.91. The minimum atomic E-state index is 0.484. The molecule has 0 fully saturated rings. The molecule has 4 nitrogen and oxygen atoms in total. The molecule has 84 valence electrons. The lowest BCUT2D eigenvalue weighted by atomic mass is 10.3. The minimum absolute atomic E-state index is 0.484. The topological polar surface area (TPSA) is 56.7 Å². The van der Waals surface area contributed by atoms with Crippen LogP contribution in [0.4, 0.5) is 5.82 Å². The van der Waals surface area contributed by atoms with Gasteiger partial charge in [-0.25, -0.2) is 4.68 Å². The second-order valence-corrected chi connectivity index (χ2v) is 5.05. The molecule has 1 aromatic heterocycles. The van der Waals surface area contributed by atoms with E-state index in [1.165, 1.54) is 0 Å². The molecule has 0 unspecified atom stereocenters. The van der Waals surface area contributed by atoms with E-state index in [-0.39, 0.29) is 0 Å². The average Bonchev–Trinajstić information content (AvgIpc) is 2.59. The van der Waals surface area contributed by atoms with Crippen LogP contribution in [-0.4, -0.2) is 15.0 Å². The zero-order valence-corrected chi connectivity index (χ0v) is 11.8. The smallest absolute Gasteiger partial charge is 0.169 e. The van der Waals surface area contributed by atoms with Gasteiger partial charge in [-0.1, -0.05) is 28.1 Å². The third kappa shape index (κ3) is 1.99. The highest BCUT2D eigenvalue weighted by Crippen LogP contribution is 2.26. The fraction of sp³-hybridized carbons (Fsp3) is 0.200. The van der Waals surface area contributed by atoms with Crippen molar-refractivity contribution < 1.29 is 0 Å². The van der Waals surface area contributed by atoms with Crippen LogP contribution in [0.2, 0.25) is 0 Å². The van der Waals surface area contributed by atoms with Gasteiger partial charge in [0.15, 0.2) is 5.82 Å². The molecule has 16 heavy (non-hydrogen) atoms. The highest BCUT2D eigenvalue weighted by Gasteiger charge is 2.12. The van der Waals surface area contributed by atoms with Gasteiger partial charge in [-0.2, -0.15) is 0 Å². The van der Waals surface area contributed by atoms with Gasteiger partial charge >= 0.3 is 0 Å². The van der Waals surface area contributed by atoms with E-state index in [1.54, 1.807) is 4.68 Å². The highest BCUT2D eigenvalue weighted by atomic mass is 79.9. The second kappa shape index (κ2) is 4.55. The summed E-state index contributed by atoms with van der Waals surface area (Å²) < 4.78 is 3.71. The Hall–Kier alpha value is -0.880. The minimum Gasteiger partial charge on any atom is -0.381 e. The summed E-state index contributed by atoms with van der Waals surface area (Å²) in [5.74, 6) is 0.484. The molecule has 2 aromatic rings. The summed E-state index contributed by atoms with van der Waals surface area (Å²) in [6.07, 6.45) is 0.793. The Morgan fingerprint density at radius 3 is 2.75 bits per heavy atom. The maximum absolute atomic E-state index is 5.75. The molecule has 0 aliphatic heterocycles. The van der Waals surface area contributed by atoms with Gasteiger partial charge in [-0.15, -0.1) is 5.10 Å². The van der Waals surface area contributed by atoms with E-state index in [9.17, 15) is 0 Å². The van der Waals surface area contributed by atoms with Crippen LogP contribution in [0.5, 0.6) is 0 Å². The van der Waals surface area contributed by atoms with E-state index in [0.29, 0.717) is 5.82 Å². The van der Waals surface area contributed by atoms with Crippen LogP contribution in [0.3, 0.4) is 0 Å². The zero-order valence-electron chi connectivity index (χ0n) is 8.61. The largest absolute Gasteiger partial charge is 0.381 e. The first-order valence-corrected chi connectivity index (χ1v) is 6.37. The van der Waals surface area contributed by atoms with Crippen LogP contribution in [0.25, 0.3) is 5.69 Å². The highest BCUT2D eigenvalue weighted by molar-refractivity contribution is 9.11. The van der Waals surface area contributed by atoms with E-state index in [0.717, 1.165) is 26.7 Å². The molecule has 6 heteroatoms. The third-order valence-corrected chi connectivity index (χ3v) is 3.39. The molecule has 0 saturated heterocycles. The summed E-state index contributed by atoms with van der Waals surface area (Å²) in [7, 11) is 0. The predicted molar refractivity (Wildman–Crippen MR) is 70.5 cm³/mol. The Labute approximate surface area is 110 Å². The molecule has 2 N–H and O–H groups in total. The number of halogens is 2. The van der Waals surface area contributed by atoms with Gasteiger partial charge in [0.25, 0.3) is 0 Å². The van der Waals surface area contributed by atoms with Gasteiger partial charge in [-0.05, 0) is 40.5 Å². The number of hydrogen-bond donors (Lipinski definition) is 1.